The molecule has 1 amide bonds. The summed E-state index contributed by atoms with van der Waals surface area (Å²) >= 11 is 0. The number of nitrogens with one attached hydrogen (secondary N) is 1. The molecule has 0 fully saturated rings. The van der Waals surface area contributed by atoms with Gasteiger partial charge in [0.25, 0.3) is 0 Å². The van der Waals surface area contributed by atoms with Crippen LogP contribution in [0.3, 0.4) is 0 Å². The second kappa shape index (κ2) is 8.36. The van der Waals surface area contributed by atoms with Crippen LogP contribution >= 0.6 is 0 Å². The molecule has 7 heteroatoms. The zero-order chi connectivity index (χ0) is 18.2. The summed E-state index contributed by atoms with van der Waals surface area (Å²) in [4.78, 5) is 35.0. The van der Waals surface area contributed by atoms with Crippen LogP contribution in [0.5, 0.6) is 0 Å². The number of hydrogen-bond acceptors (Lipinski definition) is 5. The molecule has 1 N–H and O–H groups in total. The van der Waals surface area contributed by atoms with E-state index in [4.69, 9.17) is 10.00 Å². The SMILES string of the molecule is N#CCC(=O)Nc1ccc(C(=O)OCC(=O)c2ccc(F)cc2)cc1. The van der Waals surface area contributed by atoms with Crippen molar-refractivity contribution in [2.24, 2.45) is 0 Å². The molecule has 0 unspecified atom stereocenters. The number of rotatable bonds is 6. The van der Waals surface area contributed by atoms with E-state index >= 15 is 0 Å². The number of esters is 1. The van der Waals surface area contributed by atoms with Gasteiger partial charge in [-0.1, -0.05) is 0 Å². The first-order valence-electron chi connectivity index (χ1n) is 7.22. The number of ether oxygens (including phenoxy) is 1. The summed E-state index contributed by atoms with van der Waals surface area (Å²) in [5, 5.41) is 10.9. The van der Waals surface area contributed by atoms with Gasteiger partial charge < -0.3 is 10.1 Å². The van der Waals surface area contributed by atoms with Gasteiger partial charge in [-0.3, -0.25) is 9.59 Å². The Kier molecular flexibility index (Phi) is 5.96. The van der Waals surface area contributed by atoms with Gasteiger partial charge in [-0.15, -0.1) is 0 Å². The predicted molar refractivity (Wildman–Crippen MR) is 86.3 cm³/mol. The first kappa shape index (κ1) is 17.8. The Balaban J connectivity index is 1.90. The molecule has 0 aliphatic heterocycles. The summed E-state index contributed by atoms with van der Waals surface area (Å²) < 4.78 is 17.7. The normalized spacial score (nSPS) is 9.76. The molecule has 0 aliphatic carbocycles. The number of halogens is 1. The van der Waals surface area contributed by atoms with E-state index in [-0.39, 0.29) is 17.5 Å². The highest BCUT2D eigenvalue weighted by molar-refractivity contribution is 5.99. The Morgan fingerprint density at radius 3 is 2.20 bits per heavy atom. The molecule has 126 valence electrons. The molecule has 0 radical (unpaired) electrons. The maximum Gasteiger partial charge on any atom is 0.338 e. The fourth-order valence-electron chi connectivity index (χ4n) is 1.90. The van der Waals surface area contributed by atoms with Crippen molar-refractivity contribution in [2.75, 3.05) is 11.9 Å². The van der Waals surface area contributed by atoms with Crippen LogP contribution in [0.15, 0.2) is 48.5 Å². The molecular formula is C18H13FN2O4. The van der Waals surface area contributed by atoms with Crippen LogP contribution in [0.4, 0.5) is 10.1 Å². The Morgan fingerprint density at radius 1 is 1.00 bits per heavy atom. The van der Waals surface area contributed by atoms with E-state index in [0.29, 0.717) is 5.69 Å². The maximum absolute atomic E-state index is 12.8. The molecule has 0 bridgehead atoms. The third-order valence-corrected chi connectivity index (χ3v) is 3.14. The van der Waals surface area contributed by atoms with Crippen LogP contribution in [-0.2, 0) is 9.53 Å². The average molecular weight is 340 g/mol. The Labute approximate surface area is 142 Å². The van der Waals surface area contributed by atoms with E-state index in [2.05, 4.69) is 5.32 Å². The standard InChI is InChI=1S/C18H13FN2O4/c19-14-5-1-12(2-6-14)16(22)11-25-18(24)13-3-7-15(8-4-13)21-17(23)9-10-20/h1-8H,9,11H2,(H,21,23). The van der Waals surface area contributed by atoms with Crippen molar-refractivity contribution >= 4 is 23.3 Å². The number of nitrogens with zero attached hydrogens (tertiary/aromatic N) is 1. The van der Waals surface area contributed by atoms with Crippen LogP contribution in [0.2, 0.25) is 0 Å². The van der Waals surface area contributed by atoms with Gasteiger partial charge in [0, 0.05) is 11.3 Å². The first-order chi connectivity index (χ1) is 12.0. The summed E-state index contributed by atoms with van der Waals surface area (Å²) in [6, 6.07) is 12.4. The highest BCUT2D eigenvalue weighted by Gasteiger charge is 2.12. The van der Waals surface area contributed by atoms with Gasteiger partial charge >= 0.3 is 5.97 Å². The summed E-state index contributed by atoms with van der Waals surface area (Å²) in [7, 11) is 0. The van der Waals surface area contributed by atoms with E-state index in [9.17, 15) is 18.8 Å². The molecule has 2 rings (SSSR count). The van der Waals surface area contributed by atoms with Crippen molar-refractivity contribution in [1.82, 2.24) is 0 Å². The van der Waals surface area contributed by atoms with E-state index in [1.165, 1.54) is 36.4 Å². The monoisotopic (exact) mass is 340 g/mol. The summed E-state index contributed by atoms with van der Waals surface area (Å²) in [6.07, 6.45) is -0.269. The van der Waals surface area contributed by atoms with E-state index in [1.54, 1.807) is 6.07 Å². The fourth-order valence-corrected chi connectivity index (χ4v) is 1.90. The Morgan fingerprint density at radius 2 is 1.60 bits per heavy atom. The maximum atomic E-state index is 12.8. The Hall–Kier alpha value is -3.53. The quantitative estimate of drug-likeness (QED) is 0.644. The number of Topliss-reactive ketones (excluding diaryl/α,β-unsaturated/α-hetero) is 1. The zero-order valence-electron chi connectivity index (χ0n) is 13.0. The molecule has 0 saturated carbocycles. The number of carbonyl (C=O) groups excluding carboxylic acids is 3. The minimum absolute atomic E-state index is 0.199. The van der Waals surface area contributed by atoms with Crippen molar-refractivity contribution in [1.29, 1.82) is 5.26 Å². The van der Waals surface area contributed by atoms with Gasteiger partial charge in [-0.05, 0) is 48.5 Å². The largest absolute Gasteiger partial charge is 0.454 e. The molecule has 0 aliphatic rings. The number of ketones is 1. The molecule has 0 atom stereocenters. The number of carbonyl (C=O) groups is 3. The van der Waals surface area contributed by atoms with Crippen LogP contribution in [-0.4, -0.2) is 24.3 Å². The lowest BCUT2D eigenvalue weighted by molar-refractivity contribution is -0.115. The van der Waals surface area contributed by atoms with Crippen LogP contribution in [0.1, 0.15) is 27.1 Å². The molecule has 0 spiro atoms. The van der Waals surface area contributed by atoms with Gasteiger partial charge in [0.1, 0.15) is 12.2 Å². The number of amides is 1. The summed E-state index contributed by atoms with van der Waals surface area (Å²) in [6.45, 7) is -0.467. The van der Waals surface area contributed by atoms with Gasteiger partial charge in [-0.25, -0.2) is 9.18 Å². The highest BCUT2D eigenvalue weighted by Crippen LogP contribution is 2.11. The minimum atomic E-state index is -0.703. The van der Waals surface area contributed by atoms with Crippen molar-refractivity contribution < 1.29 is 23.5 Å². The summed E-state index contributed by atoms with van der Waals surface area (Å²) in [5.74, 6) is -2.07. The average Bonchev–Trinajstić information content (AvgIpc) is 2.61. The van der Waals surface area contributed by atoms with Crippen LogP contribution in [0, 0.1) is 17.1 Å². The first-order valence-corrected chi connectivity index (χ1v) is 7.22. The Bertz CT molecular complexity index is 824. The number of hydrogen-bond donors (Lipinski definition) is 1. The predicted octanol–water partition coefficient (Wildman–Crippen LogP) is 2.72. The second-order valence-corrected chi connectivity index (χ2v) is 4.97. The van der Waals surface area contributed by atoms with Crippen LogP contribution in [0.25, 0.3) is 0 Å². The van der Waals surface area contributed by atoms with Gasteiger partial charge in [0.05, 0.1) is 11.6 Å². The van der Waals surface area contributed by atoms with Crippen molar-refractivity contribution in [3.63, 3.8) is 0 Å². The second-order valence-electron chi connectivity index (χ2n) is 4.97. The fraction of sp³-hybridized carbons (Fsp3) is 0.111. The lowest BCUT2D eigenvalue weighted by Crippen LogP contribution is -2.14. The van der Waals surface area contributed by atoms with E-state index < -0.39 is 30.1 Å². The molecule has 0 saturated heterocycles. The molecule has 0 aromatic heterocycles. The lowest BCUT2D eigenvalue weighted by atomic mass is 10.1. The van der Waals surface area contributed by atoms with Gasteiger partial charge in [-0.2, -0.15) is 5.26 Å². The molecule has 2 aromatic rings. The van der Waals surface area contributed by atoms with Crippen LogP contribution < -0.4 is 5.32 Å². The number of anilines is 1. The van der Waals surface area contributed by atoms with Gasteiger partial charge in [0.15, 0.2) is 12.4 Å². The molecule has 6 nitrogen and oxygen atoms in total. The molecular weight excluding hydrogens is 327 g/mol. The molecule has 0 heterocycles. The smallest absolute Gasteiger partial charge is 0.338 e. The topological polar surface area (TPSA) is 96.3 Å². The van der Waals surface area contributed by atoms with Crippen molar-refractivity contribution in [3.8, 4) is 6.07 Å². The zero-order valence-corrected chi connectivity index (χ0v) is 13.0. The summed E-state index contributed by atoms with van der Waals surface area (Å²) in [5.41, 5.74) is 0.870. The van der Waals surface area contributed by atoms with Crippen molar-refractivity contribution in [2.45, 2.75) is 6.42 Å². The minimum Gasteiger partial charge on any atom is -0.454 e. The molecule has 2 aromatic carbocycles. The molecule has 25 heavy (non-hydrogen) atoms. The number of benzene rings is 2. The highest BCUT2D eigenvalue weighted by atomic mass is 19.1. The number of nitriles is 1. The van der Waals surface area contributed by atoms with E-state index in [1.807, 2.05) is 0 Å². The van der Waals surface area contributed by atoms with Gasteiger partial charge in [0.2, 0.25) is 5.91 Å². The third-order valence-electron chi connectivity index (χ3n) is 3.14. The van der Waals surface area contributed by atoms with E-state index in [0.717, 1.165) is 12.1 Å². The third kappa shape index (κ3) is 5.25. The lowest BCUT2D eigenvalue weighted by Gasteiger charge is -2.06. The van der Waals surface area contributed by atoms with Crippen molar-refractivity contribution in [3.05, 3.63) is 65.5 Å².